The first-order chi connectivity index (χ1) is 13.4. The van der Waals surface area contributed by atoms with Crippen LogP contribution in [0.25, 0.3) is 22.4 Å². The Labute approximate surface area is 154 Å². The van der Waals surface area contributed by atoms with Crippen LogP contribution >= 0.6 is 0 Å². The highest BCUT2D eigenvalue weighted by Gasteiger charge is 2.20. The van der Waals surface area contributed by atoms with Gasteiger partial charge in [0.15, 0.2) is 0 Å². The first-order valence-electron chi connectivity index (χ1n) is 8.65. The number of aromatic nitrogens is 6. The van der Waals surface area contributed by atoms with Crippen LogP contribution in [-0.4, -0.2) is 29.4 Å². The van der Waals surface area contributed by atoms with Gasteiger partial charge in [-0.15, -0.1) is 0 Å². The molecule has 132 valence electrons. The van der Waals surface area contributed by atoms with Crippen LogP contribution in [0.3, 0.4) is 0 Å². The zero-order chi connectivity index (χ0) is 18.1. The van der Waals surface area contributed by atoms with Crippen LogP contribution in [0.15, 0.2) is 84.3 Å². The van der Waals surface area contributed by atoms with Crippen molar-refractivity contribution in [3.63, 3.8) is 0 Å². The molecule has 1 atom stereocenters. The lowest BCUT2D eigenvalue weighted by Crippen LogP contribution is -2.17. The fourth-order valence-corrected chi connectivity index (χ4v) is 3.38. The van der Waals surface area contributed by atoms with Gasteiger partial charge >= 0.3 is 0 Å². The third kappa shape index (κ3) is 2.79. The highest BCUT2D eigenvalue weighted by Crippen LogP contribution is 2.30. The molecule has 0 fully saturated rings. The molecule has 0 radical (unpaired) electrons. The van der Waals surface area contributed by atoms with E-state index in [9.17, 15) is 0 Å². The van der Waals surface area contributed by atoms with Gasteiger partial charge < -0.3 is 9.13 Å². The molecule has 5 aromatic rings. The largest absolute Gasteiger partial charge is 0.335 e. The molecule has 0 spiro atoms. The van der Waals surface area contributed by atoms with Gasteiger partial charge in [-0.05, 0) is 28.0 Å². The zero-order valence-electron chi connectivity index (χ0n) is 14.4. The maximum absolute atomic E-state index is 4.92. The average molecular weight is 356 g/mol. The Balaban J connectivity index is 1.65. The maximum Gasteiger partial charge on any atom is 0.146 e. The van der Waals surface area contributed by atoms with E-state index >= 15 is 0 Å². The maximum atomic E-state index is 4.92. The van der Waals surface area contributed by atoms with E-state index in [1.54, 1.807) is 6.20 Å². The van der Waals surface area contributed by atoms with E-state index in [0.717, 1.165) is 17.9 Å². The summed E-state index contributed by atoms with van der Waals surface area (Å²) in [4.78, 5) is 8.79. The summed E-state index contributed by atoms with van der Waals surface area (Å²) in [6.45, 7) is 0.737. The Morgan fingerprint density at radius 1 is 0.926 bits per heavy atom. The van der Waals surface area contributed by atoms with Crippen molar-refractivity contribution in [3.8, 4) is 11.4 Å². The van der Waals surface area contributed by atoms with E-state index in [1.165, 1.54) is 5.56 Å². The SMILES string of the molecule is c1ccc([C@H](Cn2ccnc2)n2ccnc2-c2cccc3nonc23)cc1. The lowest BCUT2D eigenvalue weighted by Gasteiger charge is -2.22. The van der Waals surface area contributed by atoms with E-state index in [1.807, 2.05) is 49.2 Å². The molecule has 2 aromatic carbocycles. The minimum Gasteiger partial charge on any atom is -0.335 e. The van der Waals surface area contributed by atoms with Gasteiger partial charge in [-0.1, -0.05) is 36.4 Å². The molecule has 0 bridgehead atoms. The number of hydrogen-bond donors (Lipinski definition) is 0. The molecule has 7 nitrogen and oxygen atoms in total. The van der Waals surface area contributed by atoms with Gasteiger partial charge in [0.2, 0.25) is 0 Å². The van der Waals surface area contributed by atoms with Crippen LogP contribution in [0.5, 0.6) is 0 Å². The van der Waals surface area contributed by atoms with Gasteiger partial charge in [0.05, 0.1) is 12.4 Å². The van der Waals surface area contributed by atoms with Crippen LogP contribution in [0.1, 0.15) is 11.6 Å². The summed E-state index contributed by atoms with van der Waals surface area (Å²) in [5, 5.41) is 8.02. The van der Waals surface area contributed by atoms with Crippen LogP contribution in [0.2, 0.25) is 0 Å². The first-order valence-corrected chi connectivity index (χ1v) is 8.65. The van der Waals surface area contributed by atoms with Crippen molar-refractivity contribution in [3.05, 3.63) is 85.2 Å². The third-order valence-electron chi connectivity index (χ3n) is 4.66. The molecule has 0 aliphatic heterocycles. The van der Waals surface area contributed by atoms with E-state index in [0.29, 0.717) is 11.0 Å². The molecule has 0 aliphatic rings. The molecule has 3 aromatic heterocycles. The molecule has 0 aliphatic carbocycles. The fraction of sp³-hybridized carbons (Fsp3) is 0.100. The normalized spacial score (nSPS) is 12.4. The van der Waals surface area contributed by atoms with Gasteiger partial charge in [0.1, 0.15) is 16.9 Å². The summed E-state index contributed by atoms with van der Waals surface area (Å²) >= 11 is 0. The average Bonchev–Trinajstić information content (AvgIpc) is 3.47. The summed E-state index contributed by atoms with van der Waals surface area (Å²) in [7, 11) is 0. The zero-order valence-corrected chi connectivity index (χ0v) is 14.4. The van der Waals surface area contributed by atoms with Crippen molar-refractivity contribution in [2.24, 2.45) is 0 Å². The Bertz CT molecular complexity index is 1160. The lowest BCUT2D eigenvalue weighted by atomic mass is 10.1. The second-order valence-electron chi connectivity index (χ2n) is 6.28. The molecule has 0 amide bonds. The van der Waals surface area contributed by atoms with E-state index in [-0.39, 0.29) is 6.04 Å². The van der Waals surface area contributed by atoms with Crippen molar-refractivity contribution in [1.29, 1.82) is 0 Å². The summed E-state index contributed by atoms with van der Waals surface area (Å²) in [5.41, 5.74) is 3.51. The van der Waals surface area contributed by atoms with E-state index < -0.39 is 0 Å². The molecular formula is C20H16N6O. The highest BCUT2D eigenvalue weighted by atomic mass is 16.6. The quantitative estimate of drug-likeness (QED) is 0.481. The van der Waals surface area contributed by atoms with Gasteiger partial charge in [0, 0.05) is 36.9 Å². The Morgan fingerprint density at radius 3 is 2.70 bits per heavy atom. The number of nitrogens with zero attached hydrogens (tertiary/aromatic N) is 6. The van der Waals surface area contributed by atoms with Crippen molar-refractivity contribution in [2.75, 3.05) is 0 Å². The van der Waals surface area contributed by atoms with Crippen molar-refractivity contribution in [2.45, 2.75) is 12.6 Å². The van der Waals surface area contributed by atoms with Crippen LogP contribution in [0.4, 0.5) is 0 Å². The summed E-state index contributed by atoms with van der Waals surface area (Å²) in [6.07, 6.45) is 9.39. The summed E-state index contributed by atoms with van der Waals surface area (Å²) in [6, 6.07) is 16.2. The standard InChI is InChI=1S/C20H16N6O/c1-2-5-15(6-3-1)18(13-25-11-9-21-14-25)26-12-10-22-20(26)16-7-4-8-17-19(16)24-27-23-17/h1-12,14,18H,13H2/t18-/m0/s1. The molecule has 7 heteroatoms. The van der Waals surface area contributed by atoms with Crippen molar-refractivity contribution >= 4 is 11.0 Å². The number of imidazole rings is 2. The first kappa shape index (κ1) is 15.5. The van der Waals surface area contributed by atoms with E-state index in [2.05, 4.69) is 53.7 Å². The minimum atomic E-state index is 0.0491. The fourth-order valence-electron chi connectivity index (χ4n) is 3.38. The second kappa shape index (κ2) is 6.53. The smallest absolute Gasteiger partial charge is 0.146 e. The Kier molecular flexibility index (Phi) is 3.75. The molecule has 0 saturated heterocycles. The van der Waals surface area contributed by atoms with Crippen LogP contribution in [-0.2, 0) is 6.54 Å². The van der Waals surface area contributed by atoms with E-state index in [4.69, 9.17) is 4.63 Å². The Morgan fingerprint density at radius 2 is 1.85 bits per heavy atom. The number of hydrogen-bond acceptors (Lipinski definition) is 5. The molecule has 0 N–H and O–H groups in total. The number of rotatable bonds is 5. The van der Waals surface area contributed by atoms with Crippen molar-refractivity contribution < 1.29 is 4.63 Å². The van der Waals surface area contributed by atoms with Crippen LogP contribution < -0.4 is 0 Å². The molecule has 3 heterocycles. The number of benzene rings is 2. The molecular weight excluding hydrogens is 340 g/mol. The van der Waals surface area contributed by atoms with Crippen LogP contribution in [0, 0.1) is 0 Å². The van der Waals surface area contributed by atoms with Gasteiger partial charge in [-0.25, -0.2) is 14.6 Å². The molecule has 27 heavy (non-hydrogen) atoms. The summed E-state index contributed by atoms with van der Waals surface area (Å²) in [5.74, 6) is 0.824. The number of fused-ring (bicyclic) bond motifs is 1. The highest BCUT2D eigenvalue weighted by molar-refractivity contribution is 5.88. The Hall–Kier alpha value is -3.74. The molecule has 0 unspecified atom stereocenters. The van der Waals surface area contributed by atoms with Crippen molar-refractivity contribution in [1.82, 2.24) is 29.4 Å². The topological polar surface area (TPSA) is 74.6 Å². The monoisotopic (exact) mass is 356 g/mol. The second-order valence-corrected chi connectivity index (χ2v) is 6.28. The molecule has 0 saturated carbocycles. The lowest BCUT2D eigenvalue weighted by molar-refractivity contribution is 0.315. The third-order valence-corrected chi connectivity index (χ3v) is 4.66. The molecule has 5 rings (SSSR count). The predicted molar refractivity (Wildman–Crippen MR) is 99.8 cm³/mol. The minimum absolute atomic E-state index is 0.0491. The van der Waals surface area contributed by atoms with Gasteiger partial charge in [-0.3, -0.25) is 0 Å². The van der Waals surface area contributed by atoms with Gasteiger partial charge in [0.25, 0.3) is 0 Å². The predicted octanol–water partition coefficient (Wildman–Crippen LogP) is 3.57. The van der Waals surface area contributed by atoms with Gasteiger partial charge in [-0.2, -0.15) is 0 Å². The summed E-state index contributed by atoms with van der Waals surface area (Å²) < 4.78 is 9.16.